The topological polar surface area (TPSA) is 38.5 Å². The van der Waals surface area contributed by atoms with Gasteiger partial charge in [-0.3, -0.25) is 4.90 Å². The average molecular weight is 238 g/mol. The van der Waals surface area contributed by atoms with Gasteiger partial charge in [-0.1, -0.05) is 12.1 Å². The standard InChI is InChI=1S/C13H19FN2O/c1-17-13(9-16-7-6-12(15)8-16)10-2-4-11(14)5-3-10/h2-5,12-13H,6-9,15H2,1H3. The Morgan fingerprint density at radius 2 is 2.18 bits per heavy atom. The van der Waals surface area contributed by atoms with Gasteiger partial charge in [0.15, 0.2) is 0 Å². The molecule has 0 spiro atoms. The van der Waals surface area contributed by atoms with E-state index in [1.165, 1.54) is 12.1 Å². The summed E-state index contributed by atoms with van der Waals surface area (Å²) in [5.41, 5.74) is 6.88. The van der Waals surface area contributed by atoms with E-state index in [2.05, 4.69) is 4.90 Å². The quantitative estimate of drug-likeness (QED) is 0.865. The van der Waals surface area contributed by atoms with Gasteiger partial charge in [-0.25, -0.2) is 4.39 Å². The smallest absolute Gasteiger partial charge is 0.123 e. The van der Waals surface area contributed by atoms with Gasteiger partial charge in [0, 0.05) is 26.2 Å². The molecule has 17 heavy (non-hydrogen) atoms. The Labute approximate surface area is 101 Å². The number of methoxy groups -OCH3 is 1. The summed E-state index contributed by atoms with van der Waals surface area (Å²) in [5, 5.41) is 0. The number of rotatable bonds is 4. The Morgan fingerprint density at radius 1 is 1.47 bits per heavy atom. The first kappa shape index (κ1) is 12.5. The van der Waals surface area contributed by atoms with Crippen molar-refractivity contribution >= 4 is 0 Å². The van der Waals surface area contributed by atoms with E-state index >= 15 is 0 Å². The van der Waals surface area contributed by atoms with Crippen molar-refractivity contribution in [3.63, 3.8) is 0 Å². The minimum atomic E-state index is -0.216. The summed E-state index contributed by atoms with van der Waals surface area (Å²) in [6, 6.07) is 6.77. The molecule has 0 bridgehead atoms. The van der Waals surface area contributed by atoms with Gasteiger partial charge in [0.05, 0.1) is 6.10 Å². The minimum absolute atomic E-state index is 0.0131. The fourth-order valence-electron chi connectivity index (χ4n) is 2.26. The number of ether oxygens (including phenoxy) is 1. The van der Waals surface area contributed by atoms with Crippen LogP contribution in [0.25, 0.3) is 0 Å². The van der Waals surface area contributed by atoms with Crippen LogP contribution in [-0.4, -0.2) is 37.7 Å². The molecule has 1 aliphatic rings. The van der Waals surface area contributed by atoms with Crippen molar-refractivity contribution < 1.29 is 9.13 Å². The number of hydrogen-bond acceptors (Lipinski definition) is 3. The van der Waals surface area contributed by atoms with Crippen molar-refractivity contribution in [3.05, 3.63) is 35.6 Å². The number of likely N-dealkylation sites (tertiary alicyclic amines) is 1. The zero-order valence-corrected chi connectivity index (χ0v) is 10.1. The third kappa shape index (κ3) is 3.25. The zero-order chi connectivity index (χ0) is 12.3. The van der Waals surface area contributed by atoms with Crippen LogP contribution in [0.3, 0.4) is 0 Å². The molecule has 2 rings (SSSR count). The predicted octanol–water partition coefficient (Wildman–Crippen LogP) is 1.55. The fourth-order valence-corrected chi connectivity index (χ4v) is 2.26. The van der Waals surface area contributed by atoms with E-state index in [9.17, 15) is 4.39 Å². The number of nitrogens with zero attached hydrogens (tertiary/aromatic N) is 1. The molecule has 1 heterocycles. The summed E-state index contributed by atoms with van der Waals surface area (Å²) in [7, 11) is 1.68. The lowest BCUT2D eigenvalue weighted by Gasteiger charge is -2.22. The number of benzene rings is 1. The molecule has 2 atom stereocenters. The second-order valence-corrected chi connectivity index (χ2v) is 4.58. The molecule has 94 valence electrons. The van der Waals surface area contributed by atoms with Crippen molar-refractivity contribution in [1.29, 1.82) is 0 Å². The third-order valence-corrected chi connectivity index (χ3v) is 3.26. The summed E-state index contributed by atoms with van der Waals surface area (Å²) in [6.45, 7) is 2.75. The Hall–Kier alpha value is -0.970. The van der Waals surface area contributed by atoms with Gasteiger partial charge in [-0.2, -0.15) is 0 Å². The summed E-state index contributed by atoms with van der Waals surface area (Å²) in [5.74, 6) is -0.216. The second-order valence-electron chi connectivity index (χ2n) is 4.58. The zero-order valence-electron chi connectivity index (χ0n) is 10.1. The number of halogens is 1. The van der Waals surface area contributed by atoms with Gasteiger partial charge in [0.2, 0.25) is 0 Å². The molecule has 0 saturated carbocycles. The lowest BCUT2D eigenvalue weighted by molar-refractivity contribution is 0.0706. The van der Waals surface area contributed by atoms with Gasteiger partial charge in [0.25, 0.3) is 0 Å². The lowest BCUT2D eigenvalue weighted by Crippen LogP contribution is -2.30. The van der Waals surface area contributed by atoms with Crippen molar-refractivity contribution in [3.8, 4) is 0 Å². The highest BCUT2D eigenvalue weighted by atomic mass is 19.1. The molecule has 1 aromatic rings. The van der Waals surface area contributed by atoms with Crippen LogP contribution < -0.4 is 5.73 Å². The molecule has 1 saturated heterocycles. The molecule has 0 radical (unpaired) electrons. The van der Waals surface area contributed by atoms with Gasteiger partial charge in [0.1, 0.15) is 5.82 Å². The van der Waals surface area contributed by atoms with E-state index in [1.807, 2.05) is 0 Å². The van der Waals surface area contributed by atoms with Crippen molar-refractivity contribution in [1.82, 2.24) is 4.90 Å². The van der Waals surface area contributed by atoms with Crippen molar-refractivity contribution in [2.75, 3.05) is 26.7 Å². The van der Waals surface area contributed by atoms with E-state index in [-0.39, 0.29) is 18.0 Å². The van der Waals surface area contributed by atoms with Crippen molar-refractivity contribution in [2.24, 2.45) is 5.73 Å². The molecule has 1 fully saturated rings. The summed E-state index contributed by atoms with van der Waals surface area (Å²) in [4.78, 5) is 2.29. The van der Waals surface area contributed by atoms with Crippen LogP contribution in [0, 0.1) is 5.82 Å². The number of hydrogen-bond donors (Lipinski definition) is 1. The predicted molar refractivity (Wildman–Crippen MR) is 65.2 cm³/mol. The van der Waals surface area contributed by atoms with E-state index < -0.39 is 0 Å². The first-order chi connectivity index (χ1) is 8.19. The lowest BCUT2D eigenvalue weighted by atomic mass is 10.1. The first-order valence-electron chi connectivity index (χ1n) is 5.95. The molecule has 0 aliphatic carbocycles. The molecular formula is C13H19FN2O. The van der Waals surface area contributed by atoms with Gasteiger partial charge < -0.3 is 10.5 Å². The fraction of sp³-hybridized carbons (Fsp3) is 0.538. The monoisotopic (exact) mass is 238 g/mol. The van der Waals surface area contributed by atoms with Crippen LogP contribution in [-0.2, 0) is 4.74 Å². The summed E-state index contributed by atoms with van der Waals surface area (Å²) < 4.78 is 18.3. The van der Waals surface area contributed by atoms with Crippen LogP contribution in [0.2, 0.25) is 0 Å². The average Bonchev–Trinajstić information content (AvgIpc) is 2.73. The highest BCUT2D eigenvalue weighted by Crippen LogP contribution is 2.20. The van der Waals surface area contributed by atoms with E-state index in [0.29, 0.717) is 0 Å². The van der Waals surface area contributed by atoms with E-state index in [4.69, 9.17) is 10.5 Å². The molecule has 4 heteroatoms. The first-order valence-corrected chi connectivity index (χ1v) is 5.95. The van der Waals surface area contributed by atoms with Gasteiger partial charge in [-0.15, -0.1) is 0 Å². The minimum Gasteiger partial charge on any atom is -0.375 e. The molecule has 3 nitrogen and oxygen atoms in total. The van der Waals surface area contributed by atoms with E-state index in [0.717, 1.165) is 31.6 Å². The highest BCUT2D eigenvalue weighted by Gasteiger charge is 2.22. The highest BCUT2D eigenvalue weighted by molar-refractivity contribution is 5.19. The van der Waals surface area contributed by atoms with Crippen LogP contribution in [0.15, 0.2) is 24.3 Å². The Morgan fingerprint density at radius 3 is 2.71 bits per heavy atom. The van der Waals surface area contributed by atoms with Crippen LogP contribution >= 0.6 is 0 Å². The molecule has 0 aromatic heterocycles. The molecule has 0 amide bonds. The maximum absolute atomic E-state index is 12.8. The molecule has 2 N–H and O–H groups in total. The van der Waals surface area contributed by atoms with Crippen molar-refractivity contribution in [2.45, 2.75) is 18.6 Å². The number of nitrogens with two attached hydrogens (primary N) is 1. The Kier molecular flexibility index (Phi) is 4.10. The Bertz CT molecular complexity index is 355. The van der Waals surface area contributed by atoms with Gasteiger partial charge in [-0.05, 0) is 30.7 Å². The summed E-state index contributed by atoms with van der Waals surface area (Å²) in [6.07, 6.45) is 1.03. The SMILES string of the molecule is COC(CN1CCC(N)C1)c1ccc(F)cc1. The molecular weight excluding hydrogens is 219 g/mol. The normalized spacial score (nSPS) is 22.9. The maximum atomic E-state index is 12.8. The van der Waals surface area contributed by atoms with Crippen LogP contribution in [0.4, 0.5) is 4.39 Å². The molecule has 1 aliphatic heterocycles. The van der Waals surface area contributed by atoms with Gasteiger partial charge >= 0.3 is 0 Å². The van der Waals surface area contributed by atoms with Crippen LogP contribution in [0.5, 0.6) is 0 Å². The third-order valence-electron chi connectivity index (χ3n) is 3.26. The molecule has 2 unspecified atom stereocenters. The second kappa shape index (κ2) is 5.58. The largest absolute Gasteiger partial charge is 0.375 e. The van der Waals surface area contributed by atoms with Crippen LogP contribution in [0.1, 0.15) is 18.1 Å². The van der Waals surface area contributed by atoms with E-state index in [1.54, 1.807) is 19.2 Å². The maximum Gasteiger partial charge on any atom is 0.123 e. The molecule has 1 aromatic carbocycles. The Balaban J connectivity index is 1.98. The summed E-state index contributed by atoms with van der Waals surface area (Å²) >= 11 is 0.